The predicted octanol–water partition coefficient (Wildman–Crippen LogP) is 2.97. The number of carbonyl (C=O) groups is 2. The van der Waals surface area contributed by atoms with Crippen LogP contribution in [-0.4, -0.2) is 38.6 Å². The Morgan fingerprint density at radius 1 is 1.00 bits per heavy atom. The molecule has 0 atom stereocenters. The fraction of sp³-hybridized carbons (Fsp3) is 0.529. The molecule has 1 aromatic rings. The summed E-state index contributed by atoms with van der Waals surface area (Å²) in [5.41, 5.74) is 0.578. The Kier molecular flexibility index (Phi) is 8.38. The van der Waals surface area contributed by atoms with E-state index < -0.39 is 18.4 Å². The number of carbonyl (C=O) groups excluding carboxylic acids is 2. The van der Waals surface area contributed by atoms with Crippen LogP contribution in [0.25, 0.3) is 0 Å². The zero-order valence-electron chi connectivity index (χ0n) is 15.3. The molecule has 0 fully saturated rings. The molecule has 0 aromatic heterocycles. The predicted molar refractivity (Wildman–Crippen MR) is 91.8 cm³/mol. The fourth-order valence-corrected chi connectivity index (χ4v) is 2.00. The van der Waals surface area contributed by atoms with Gasteiger partial charge in [0.25, 0.3) is 0 Å². The molecule has 0 unspecified atom stereocenters. The summed E-state index contributed by atoms with van der Waals surface area (Å²) in [6.07, 6.45) is -2.19. The lowest BCUT2D eigenvalue weighted by Crippen LogP contribution is -2.41. The average Bonchev–Trinajstić information content (AvgIpc) is 2.54. The van der Waals surface area contributed by atoms with Crippen molar-refractivity contribution in [3.63, 3.8) is 0 Å². The van der Waals surface area contributed by atoms with Gasteiger partial charge in [0, 0.05) is 0 Å². The molecule has 0 bridgehead atoms. The maximum Gasteiger partial charge on any atom is 0.409 e. The quantitative estimate of drug-likeness (QED) is 0.697. The molecular weight excluding hydrogens is 328 g/mol. The van der Waals surface area contributed by atoms with Gasteiger partial charge in [-0.2, -0.15) is 0 Å². The van der Waals surface area contributed by atoms with Crippen molar-refractivity contribution in [1.29, 1.82) is 0 Å². The molecular formula is C17H26N2O6. The summed E-state index contributed by atoms with van der Waals surface area (Å²) >= 11 is 0. The van der Waals surface area contributed by atoms with Crippen molar-refractivity contribution in [3.05, 3.63) is 23.8 Å². The van der Waals surface area contributed by atoms with E-state index in [1.165, 1.54) is 7.11 Å². The summed E-state index contributed by atoms with van der Waals surface area (Å²) in [4.78, 5) is 23.5. The Labute approximate surface area is 147 Å². The molecule has 2 amide bonds. The van der Waals surface area contributed by atoms with Crippen molar-refractivity contribution >= 4 is 12.2 Å². The van der Waals surface area contributed by atoms with Crippen LogP contribution in [0.2, 0.25) is 0 Å². The molecule has 25 heavy (non-hydrogen) atoms. The molecule has 0 heterocycles. The van der Waals surface area contributed by atoms with E-state index in [9.17, 15) is 9.59 Å². The minimum absolute atomic E-state index is 0.0224. The van der Waals surface area contributed by atoms with Gasteiger partial charge in [0.05, 0.1) is 26.4 Å². The van der Waals surface area contributed by atoms with Crippen molar-refractivity contribution in [2.45, 2.75) is 40.0 Å². The Balaban J connectivity index is 3.06. The van der Waals surface area contributed by atoms with Crippen LogP contribution in [0.4, 0.5) is 9.59 Å². The average molecular weight is 354 g/mol. The highest BCUT2D eigenvalue weighted by Gasteiger charge is 2.20. The van der Waals surface area contributed by atoms with Crippen LogP contribution < -0.4 is 20.1 Å². The number of amides is 2. The van der Waals surface area contributed by atoms with Gasteiger partial charge in [0.1, 0.15) is 6.17 Å². The molecule has 0 spiro atoms. The number of benzene rings is 1. The highest BCUT2D eigenvalue weighted by Crippen LogP contribution is 2.30. The van der Waals surface area contributed by atoms with Crippen LogP contribution in [0, 0.1) is 0 Å². The van der Waals surface area contributed by atoms with Gasteiger partial charge < -0.3 is 18.9 Å². The molecule has 0 aliphatic heterocycles. The van der Waals surface area contributed by atoms with Gasteiger partial charge in [-0.25, -0.2) is 9.59 Å². The maximum absolute atomic E-state index is 11.8. The fourth-order valence-electron chi connectivity index (χ4n) is 2.00. The van der Waals surface area contributed by atoms with Gasteiger partial charge in [-0.15, -0.1) is 0 Å². The topological polar surface area (TPSA) is 95.1 Å². The highest BCUT2D eigenvalue weighted by molar-refractivity contribution is 5.71. The summed E-state index contributed by atoms with van der Waals surface area (Å²) < 4.78 is 20.7. The molecule has 140 valence electrons. The first-order chi connectivity index (χ1) is 11.9. The van der Waals surface area contributed by atoms with Crippen LogP contribution in [0.3, 0.4) is 0 Å². The van der Waals surface area contributed by atoms with Crippen LogP contribution in [0.15, 0.2) is 18.2 Å². The summed E-state index contributed by atoms with van der Waals surface area (Å²) in [6.45, 7) is 7.61. The molecule has 8 nitrogen and oxygen atoms in total. The Bertz CT molecular complexity index is 556. The number of methoxy groups -OCH3 is 1. The molecule has 0 aliphatic rings. The molecule has 1 aromatic carbocycles. The van der Waals surface area contributed by atoms with Gasteiger partial charge in [0.2, 0.25) is 0 Å². The van der Waals surface area contributed by atoms with Crippen LogP contribution >= 0.6 is 0 Å². The van der Waals surface area contributed by atoms with E-state index in [1.54, 1.807) is 32.0 Å². The number of nitrogens with one attached hydrogen (secondary N) is 2. The van der Waals surface area contributed by atoms with E-state index in [0.29, 0.717) is 17.1 Å². The van der Waals surface area contributed by atoms with Crippen LogP contribution in [0.5, 0.6) is 11.5 Å². The van der Waals surface area contributed by atoms with E-state index in [-0.39, 0.29) is 19.3 Å². The number of alkyl carbamates (subject to hydrolysis) is 2. The third kappa shape index (κ3) is 6.78. The normalized spacial score (nSPS) is 10.4. The second-order valence-corrected chi connectivity index (χ2v) is 5.24. The zero-order chi connectivity index (χ0) is 18.8. The Hall–Kier alpha value is -2.64. The van der Waals surface area contributed by atoms with Gasteiger partial charge >= 0.3 is 12.2 Å². The number of ether oxygens (including phenoxy) is 4. The third-order valence-electron chi connectivity index (χ3n) is 2.96. The highest BCUT2D eigenvalue weighted by atomic mass is 16.6. The van der Waals surface area contributed by atoms with Gasteiger partial charge in [-0.05, 0) is 45.4 Å². The van der Waals surface area contributed by atoms with E-state index in [4.69, 9.17) is 18.9 Å². The lowest BCUT2D eigenvalue weighted by atomic mass is 10.1. The number of hydrogen-bond acceptors (Lipinski definition) is 6. The van der Waals surface area contributed by atoms with E-state index in [0.717, 1.165) is 0 Å². The summed E-state index contributed by atoms with van der Waals surface area (Å²) in [5.74, 6) is 1.04. The number of hydrogen-bond donors (Lipinski definition) is 2. The first-order valence-electron chi connectivity index (χ1n) is 8.12. The summed E-state index contributed by atoms with van der Waals surface area (Å²) in [5, 5.41) is 5.13. The van der Waals surface area contributed by atoms with Crippen molar-refractivity contribution in [2.24, 2.45) is 0 Å². The Morgan fingerprint density at radius 3 is 2.00 bits per heavy atom. The summed E-state index contributed by atoms with van der Waals surface area (Å²) in [6, 6.07) is 5.09. The van der Waals surface area contributed by atoms with Crippen molar-refractivity contribution in [2.75, 3.05) is 20.3 Å². The lowest BCUT2D eigenvalue weighted by Gasteiger charge is -2.21. The molecule has 0 saturated heterocycles. The van der Waals surface area contributed by atoms with E-state index >= 15 is 0 Å². The monoisotopic (exact) mass is 354 g/mol. The van der Waals surface area contributed by atoms with Gasteiger partial charge in [0.15, 0.2) is 11.5 Å². The third-order valence-corrected chi connectivity index (χ3v) is 2.96. The van der Waals surface area contributed by atoms with Crippen molar-refractivity contribution < 1.29 is 28.5 Å². The molecule has 8 heteroatoms. The maximum atomic E-state index is 11.8. The molecule has 1 rings (SSSR count). The van der Waals surface area contributed by atoms with Crippen LogP contribution in [-0.2, 0) is 9.47 Å². The van der Waals surface area contributed by atoms with Gasteiger partial charge in [-0.1, -0.05) is 6.07 Å². The second kappa shape index (κ2) is 10.3. The minimum Gasteiger partial charge on any atom is -0.493 e. The van der Waals surface area contributed by atoms with Gasteiger partial charge in [-0.3, -0.25) is 10.6 Å². The lowest BCUT2D eigenvalue weighted by molar-refractivity contribution is 0.135. The van der Waals surface area contributed by atoms with Crippen molar-refractivity contribution in [3.8, 4) is 11.5 Å². The van der Waals surface area contributed by atoms with Crippen molar-refractivity contribution in [1.82, 2.24) is 10.6 Å². The zero-order valence-corrected chi connectivity index (χ0v) is 15.3. The molecule has 0 radical (unpaired) electrons. The Morgan fingerprint density at radius 2 is 1.56 bits per heavy atom. The first-order valence-corrected chi connectivity index (χ1v) is 8.12. The molecule has 0 saturated carbocycles. The second-order valence-electron chi connectivity index (χ2n) is 5.24. The summed E-state index contributed by atoms with van der Waals surface area (Å²) in [7, 11) is 1.51. The first kappa shape index (κ1) is 20.4. The van der Waals surface area contributed by atoms with E-state index in [2.05, 4.69) is 10.6 Å². The molecule has 2 N–H and O–H groups in total. The molecule has 0 aliphatic carbocycles. The standard InChI is InChI=1S/C17H26N2O6/c1-6-23-16(20)18-15(19-17(21)24-7-2)12-8-9-13(25-11(3)4)14(10-12)22-5/h8-11,15H,6-7H2,1-5H3,(H,18,20)(H,19,21). The van der Waals surface area contributed by atoms with Crippen LogP contribution in [0.1, 0.15) is 39.4 Å². The SMILES string of the molecule is CCOC(=O)NC(NC(=O)OCC)c1ccc(OC(C)C)c(OC)c1. The number of rotatable bonds is 8. The largest absolute Gasteiger partial charge is 0.493 e. The van der Waals surface area contributed by atoms with E-state index in [1.807, 2.05) is 13.8 Å². The minimum atomic E-state index is -0.847. The smallest absolute Gasteiger partial charge is 0.409 e.